The van der Waals surface area contributed by atoms with Gasteiger partial charge in [0.2, 0.25) is 0 Å². The van der Waals surface area contributed by atoms with Crippen molar-refractivity contribution in [3.05, 3.63) is 30.1 Å². The molecule has 0 radical (unpaired) electrons. The Morgan fingerprint density at radius 1 is 1.42 bits per heavy atom. The van der Waals surface area contributed by atoms with E-state index in [1.807, 2.05) is 12.1 Å². The van der Waals surface area contributed by atoms with Crippen LogP contribution in [0.3, 0.4) is 0 Å². The lowest BCUT2D eigenvalue weighted by atomic mass is 10.2. The molecule has 1 aromatic rings. The fourth-order valence-electron chi connectivity index (χ4n) is 1.57. The van der Waals surface area contributed by atoms with E-state index in [2.05, 4.69) is 10.3 Å². The van der Waals surface area contributed by atoms with Gasteiger partial charge < -0.3 is 15.3 Å². The summed E-state index contributed by atoms with van der Waals surface area (Å²) in [7, 11) is 1.58. The third kappa shape index (κ3) is 5.37. The van der Waals surface area contributed by atoms with Gasteiger partial charge in [-0.05, 0) is 24.1 Å². The van der Waals surface area contributed by atoms with E-state index < -0.39 is 11.9 Å². The van der Waals surface area contributed by atoms with Crippen molar-refractivity contribution < 1.29 is 14.7 Å². The molecule has 0 saturated heterocycles. The maximum atomic E-state index is 11.7. The molecule has 0 aromatic carbocycles. The first-order valence-electron chi connectivity index (χ1n) is 6.11. The molecule has 2 amide bonds. The highest BCUT2D eigenvalue weighted by atomic mass is 16.4. The largest absolute Gasteiger partial charge is 0.481 e. The van der Waals surface area contributed by atoms with Crippen LogP contribution in [0.4, 0.5) is 4.79 Å². The summed E-state index contributed by atoms with van der Waals surface area (Å²) in [5.41, 5.74) is 1.09. The Kier molecular flexibility index (Phi) is 5.78. The summed E-state index contributed by atoms with van der Waals surface area (Å²) in [5.74, 6) is -1.48. The van der Waals surface area contributed by atoms with E-state index in [4.69, 9.17) is 5.11 Å². The number of hydrogen-bond donors (Lipinski definition) is 2. The Labute approximate surface area is 112 Å². The summed E-state index contributed by atoms with van der Waals surface area (Å²) in [6.07, 6.45) is 4.13. The van der Waals surface area contributed by atoms with Gasteiger partial charge in [-0.15, -0.1) is 0 Å². The number of carbonyl (C=O) groups is 2. The zero-order chi connectivity index (χ0) is 14.3. The number of rotatable bonds is 6. The van der Waals surface area contributed by atoms with Crippen LogP contribution < -0.4 is 5.32 Å². The molecular weight excluding hydrogens is 246 g/mol. The maximum Gasteiger partial charge on any atom is 0.317 e. The van der Waals surface area contributed by atoms with Crippen LogP contribution in [0.15, 0.2) is 24.5 Å². The normalized spacial score (nSPS) is 11.7. The molecule has 1 rings (SSSR count). The van der Waals surface area contributed by atoms with Crippen molar-refractivity contribution in [3.63, 3.8) is 0 Å². The molecule has 0 aliphatic heterocycles. The van der Waals surface area contributed by atoms with Crippen LogP contribution in [0, 0.1) is 5.92 Å². The Hall–Kier alpha value is -2.11. The molecule has 104 valence electrons. The summed E-state index contributed by atoms with van der Waals surface area (Å²) in [4.78, 5) is 27.7. The molecule has 1 heterocycles. The van der Waals surface area contributed by atoms with E-state index >= 15 is 0 Å². The van der Waals surface area contributed by atoms with Gasteiger partial charge >= 0.3 is 12.0 Å². The summed E-state index contributed by atoms with van der Waals surface area (Å²) in [6.45, 7) is 2.27. The zero-order valence-electron chi connectivity index (χ0n) is 11.2. The lowest BCUT2D eigenvalue weighted by molar-refractivity contribution is -0.141. The maximum absolute atomic E-state index is 11.7. The van der Waals surface area contributed by atoms with Gasteiger partial charge in [-0.1, -0.05) is 6.92 Å². The molecule has 19 heavy (non-hydrogen) atoms. The Morgan fingerprint density at radius 2 is 2.05 bits per heavy atom. The highest BCUT2D eigenvalue weighted by Crippen LogP contribution is 1.99. The minimum Gasteiger partial charge on any atom is -0.481 e. The third-order valence-electron chi connectivity index (χ3n) is 2.76. The molecule has 0 aliphatic carbocycles. The van der Waals surface area contributed by atoms with Crippen LogP contribution >= 0.6 is 0 Å². The van der Waals surface area contributed by atoms with Gasteiger partial charge in [0.25, 0.3) is 0 Å². The molecular formula is C13H19N3O3. The quantitative estimate of drug-likeness (QED) is 0.803. The molecule has 6 nitrogen and oxygen atoms in total. The van der Waals surface area contributed by atoms with Crippen molar-refractivity contribution in [3.8, 4) is 0 Å². The lowest BCUT2D eigenvalue weighted by Gasteiger charge is -2.19. The monoisotopic (exact) mass is 265 g/mol. The van der Waals surface area contributed by atoms with Crippen LogP contribution in [0.1, 0.15) is 12.5 Å². The highest BCUT2D eigenvalue weighted by molar-refractivity contribution is 5.75. The predicted molar refractivity (Wildman–Crippen MR) is 70.8 cm³/mol. The number of nitrogens with one attached hydrogen (secondary N) is 1. The van der Waals surface area contributed by atoms with Crippen LogP contribution in [0.2, 0.25) is 0 Å². The van der Waals surface area contributed by atoms with Gasteiger partial charge in [0.1, 0.15) is 0 Å². The summed E-state index contributed by atoms with van der Waals surface area (Å²) < 4.78 is 0. The number of aliphatic carboxylic acids is 1. The fraction of sp³-hybridized carbons (Fsp3) is 0.462. The van der Waals surface area contributed by atoms with Crippen LogP contribution in [-0.2, 0) is 11.2 Å². The summed E-state index contributed by atoms with van der Waals surface area (Å²) >= 11 is 0. The average molecular weight is 265 g/mol. The van der Waals surface area contributed by atoms with E-state index in [-0.39, 0.29) is 12.6 Å². The molecule has 0 saturated carbocycles. The summed E-state index contributed by atoms with van der Waals surface area (Å²) in [6, 6.07) is 3.52. The van der Waals surface area contributed by atoms with Crippen LogP contribution in [0.5, 0.6) is 0 Å². The van der Waals surface area contributed by atoms with Crippen molar-refractivity contribution in [2.24, 2.45) is 5.92 Å². The molecule has 0 aliphatic rings. The number of nitrogens with zero attached hydrogens (tertiary/aromatic N) is 2. The van der Waals surface area contributed by atoms with Crippen molar-refractivity contribution >= 4 is 12.0 Å². The minimum absolute atomic E-state index is 0.191. The number of aromatic nitrogens is 1. The van der Waals surface area contributed by atoms with Gasteiger partial charge in [0, 0.05) is 32.5 Å². The molecule has 0 spiro atoms. The molecule has 1 aromatic heterocycles. The van der Waals surface area contributed by atoms with Gasteiger partial charge in [-0.3, -0.25) is 9.78 Å². The molecule has 2 N–H and O–H groups in total. The summed E-state index contributed by atoms with van der Waals surface area (Å²) in [5, 5.41) is 11.5. The Bertz CT molecular complexity index is 422. The number of hydrogen-bond acceptors (Lipinski definition) is 3. The predicted octanol–water partition coefficient (Wildman–Crippen LogP) is 0.986. The lowest BCUT2D eigenvalue weighted by Crippen LogP contribution is -2.41. The average Bonchev–Trinajstić information content (AvgIpc) is 2.39. The fourth-order valence-corrected chi connectivity index (χ4v) is 1.57. The van der Waals surface area contributed by atoms with Gasteiger partial charge in [-0.25, -0.2) is 4.79 Å². The number of amides is 2. The van der Waals surface area contributed by atoms with Crippen molar-refractivity contribution in [2.45, 2.75) is 13.3 Å². The number of carbonyl (C=O) groups excluding carboxylic acids is 1. The topological polar surface area (TPSA) is 82.5 Å². The first-order chi connectivity index (χ1) is 9.00. The molecule has 1 atom stereocenters. The van der Waals surface area contributed by atoms with Gasteiger partial charge in [0.15, 0.2) is 0 Å². The second kappa shape index (κ2) is 7.35. The molecule has 6 heteroatoms. The third-order valence-corrected chi connectivity index (χ3v) is 2.76. The number of carboxylic acid groups (broad SMARTS) is 1. The second-order valence-electron chi connectivity index (χ2n) is 4.46. The van der Waals surface area contributed by atoms with E-state index in [1.54, 1.807) is 26.4 Å². The van der Waals surface area contributed by atoms with E-state index in [9.17, 15) is 9.59 Å². The smallest absolute Gasteiger partial charge is 0.317 e. The number of carboxylic acids is 1. The van der Waals surface area contributed by atoms with Crippen molar-refractivity contribution in [2.75, 3.05) is 20.1 Å². The first kappa shape index (κ1) is 14.9. The SMILES string of the molecule is CC(CN(C)C(=O)NCCc1ccncc1)C(=O)O. The molecule has 0 bridgehead atoms. The van der Waals surface area contributed by atoms with E-state index in [1.165, 1.54) is 4.90 Å². The number of urea groups is 1. The van der Waals surface area contributed by atoms with E-state index in [0.29, 0.717) is 6.54 Å². The van der Waals surface area contributed by atoms with Gasteiger partial charge in [-0.2, -0.15) is 0 Å². The van der Waals surface area contributed by atoms with Crippen LogP contribution in [0.25, 0.3) is 0 Å². The first-order valence-corrected chi connectivity index (χ1v) is 6.11. The molecule has 0 fully saturated rings. The van der Waals surface area contributed by atoms with Gasteiger partial charge in [0.05, 0.1) is 5.92 Å². The zero-order valence-corrected chi connectivity index (χ0v) is 11.2. The molecule has 1 unspecified atom stereocenters. The van der Waals surface area contributed by atoms with Crippen molar-refractivity contribution in [1.29, 1.82) is 0 Å². The Morgan fingerprint density at radius 3 is 2.63 bits per heavy atom. The minimum atomic E-state index is -0.906. The van der Waals surface area contributed by atoms with E-state index in [0.717, 1.165) is 12.0 Å². The van der Waals surface area contributed by atoms with Crippen LogP contribution in [-0.4, -0.2) is 47.1 Å². The number of pyridine rings is 1. The highest BCUT2D eigenvalue weighted by Gasteiger charge is 2.16. The van der Waals surface area contributed by atoms with Crippen molar-refractivity contribution in [1.82, 2.24) is 15.2 Å². The standard InChI is InChI=1S/C13H19N3O3/c1-10(12(17)18)9-16(2)13(19)15-8-5-11-3-6-14-7-4-11/h3-4,6-7,10H,5,8-9H2,1-2H3,(H,15,19)(H,17,18). The second-order valence-corrected chi connectivity index (χ2v) is 4.46. The Balaban J connectivity index is 2.29.